The number of hydrogen-bond donors (Lipinski definition) is 1. The van der Waals surface area contributed by atoms with Crippen LogP contribution in [-0.4, -0.2) is 110 Å². The van der Waals surface area contributed by atoms with Crippen molar-refractivity contribution in [1.29, 1.82) is 0 Å². The molecule has 43 heavy (non-hydrogen) atoms. The van der Waals surface area contributed by atoms with Crippen molar-refractivity contribution < 1.29 is 23.1 Å². The van der Waals surface area contributed by atoms with Crippen molar-refractivity contribution in [3.8, 4) is 17.0 Å². The molecule has 12 nitrogen and oxygen atoms in total. The highest BCUT2D eigenvalue weighted by atomic mass is 35.5. The molecule has 5 heterocycles. The molecule has 4 aromatic rings. The number of nitrogens with one attached hydrogen (secondary N) is 1. The quantitative estimate of drug-likeness (QED) is 0.306. The fourth-order valence-corrected chi connectivity index (χ4v) is 5.60. The van der Waals surface area contributed by atoms with Gasteiger partial charge in [0.05, 0.1) is 18.1 Å². The molecule has 2 saturated heterocycles. The van der Waals surface area contributed by atoms with Crippen LogP contribution < -0.4 is 10.1 Å². The van der Waals surface area contributed by atoms with Crippen LogP contribution in [-0.2, 0) is 4.79 Å². The Labute approximate surface area is 250 Å². The molecule has 0 bridgehead atoms. The van der Waals surface area contributed by atoms with Gasteiger partial charge in [0.2, 0.25) is 5.91 Å². The van der Waals surface area contributed by atoms with Crippen LogP contribution in [0.4, 0.5) is 14.5 Å². The average Bonchev–Trinajstić information content (AvgIpc) is 3.70. The van der Waals surface area contributed by atoms with E-state index in [9.17, 15) is 18.4 Å². The number of benzene rings is 1. The van der Waals surface area contributed by atoms with Gasteiger partial charge < -0.3 is 19.9 Å². The summed E-state index contributed by atoms with van der Waals surface area (Å²) in [6.45, 7) is 2.73. The van der Waals surface area contributed by atoms with Crippen LogP contribution in [0.1, 0.15) is 22.8 Å². The van der Waals surface area contributed by atoms with Crippen LogP contribution in [0.2, 0.25) is 5.02 Å². The molecule has 2 amide bonds. The van der Waals surface area contributed by atoms with Gasteiger partial charge in [-0.15, -0.1) is 0 Å². The number of amides is 2. The standard InChI is InChI=1S/C28H30ClF2N9O3/c1-36-9-11-37(12-10-36)13-14-38-8-5-22(27(38)42)40-17-21(34-26(41)20-16-33-39-7-2-6-32-25(20)39)24(35-40)19-15-18(29)3-4-23(19)43-28(30)31/h2-4,6-7,15-17,22,28H,5,8-14H2,1H3,(H,34,41)/t22-/m0/s1. The minimum Gasteiger partial charge on any atom is -0.434 e. The first-order valence-electron chi connectivity index (χ1n) is 13.9. The molecule has 226 valence electrons. The van der Waals surface area contributed by atoms with E-state index in [0.717, 1.165) is 32.7 Å². The van der Waals surface area contributed by atoms with E-state index in [2.05, 4.69) is 37.3 Å². The number of piperazine rings is 1. The van der Waals surface area contributed by atoms with Crippen LogP contribution in [0.25, 0.3) is 16.9 Å². The summed E-state index contributed by atoms with van der Waals surface area (Å²) >= 11 is 6.24. The average molecular weight is 614 g/mol. The van der Waals surface area contributed by atoms with Gasteiger partial charge in [-0.3, -0.25) is 19.2 Å². The molecular weight excluding hydrogens is 584 g/mol. The summed E-state index contributed by atoms with van der Waals surface area (Å²) in [6, 6.07) is 5.21. The minimum atomic E-state index is -3.10. The Balaban J connectivity index is 1.29. The molecule has 3 aromatic heterocycles. The first-order chi connectivity index (χ1) is 20.8. The van der Waals surface area contributed by atoms with Gasteiger partial charge in [0.15, 0.2) is 5.65 Å². The predicted molar refractivity (Wildman–Crippen MR) is 154 cm³/mol. The summed E-state index contributed by atoms with van der Waals surface area (Å²) in [6.07, 6.45) is 6.61. The van der Waals surface area contributed by atoms with Gasteiger partial charge >= 0.3 is 6.61 Å². The second-order valence-corrected chi connectivity index (χ2v) is 11.0. The van der Waals surface area contributed by atoms with E-state index in [0.29, 0.717) is 25.2 Å². The fraction of sp³-hybridized carbons (Fsp3) is 0.393. The minimum absolute atomic E-state index is 0.0944. The van der Waals surface area contributed by atoms with Crippen molar-refractivity contribution in [2.45, 2.75) is 19.1 Å². The number of aromatic nitrogens is 5. The van der Waals surface area contributed by atoms with E-state index < -0.39 is 18.6 Å². The molecule has 0 aliphatic carbocycles. The molecule has 0 radical (unpaired) electrons. The number of anilines is 1. The van der Waals surface area contributed by atoms with E-state index in [1.54, 1.807) is 18.5 Å². The first-order valence-corrected chi connectivity index (χ1v) is 14.3. The lowest BCUT2D eigenvalue weighted by molar-refractivity contribution is -0.130. The predicted octanol–water partition coefficient (Wildman–Crippen LogP) is 3.12. The number of likely N-dealkylation sites (tertiary alicyclic amines) is 1. The molecule has 1 atom stereocenters. The number of fused-ring (bicyclic) bond motifs is 1. The summed E-state index contributed by atoms with van der Waals surface area (Å²) in [7, 11) is 2.10. The number of likely N-dealkylation sites (N-methyl/N-ethyl adjacent to an activating group) is 1. The summed E-state index contributed by atoms with van der Waals surface area (Å²) in [5.41, 5.74) is 0.976. The smallest absolute Gasteiger partial charge is 0.387 e. The molecule has 2 aliphatic heterocycles. The zero-order chi connectivity index (χ0) is 30.1. The van der Waals surface area contributed by atoms with Gasteiger partial charge in [0, 0.05) is 68.8 Å². The Morgan fingerprint density at radius 1 is 1.19 bits per heavy atom. The van der Waals surface area contributed by atoms with E-state index in [-0.39, 0.29) is 39.2 Å². The summed E-state index contributed by atoms with van der Waals surface area (Å²) in [5.74, 6) is -0.813. The van der Waals surface area contributed by atoms with Crippen molar-refractivity contribution in [2.24, 2.45) is 0 Å². The maximum Gasteiger partial charge on any atom is 0.387 e. The molecule has 0 unspecified atom stereocenters. The number of hydrogen-bond acceptors (Lipinski definition) is 8. The SMILES string of the molecule is CN1CCN(CCN2CC[C@H](n3cc(NC(=O)c4cnn5cccnc45)c(-c4cc(Cl)ccc4OC(F)F)n3)C2=O)CC1. The molecule has 1 aromatic carbocycles. The monoisotopic (exact) mass is 613 g/mol. The lowest BCUT2D eigenvalue weighted by atomic mass is 10.1. The van der Waals surface area contributed by atoms with Crippen LogP contribution >= 0.6 is 11.6 Å². The number of carbonyl (C=O) groups excluding carboxylic acids is 2. The van der Waals surface area contributed by atoms with Gasteiger partial charge in [-0.25, -0.2) is 9.50 Å². The lowest BCUT2D eigenvalue weighted by Gasteiger charge is -2.33. The molecule has 2 aliphatic rings. The van der Waals surface area contributed by atoms with Crippen molar-refractivity contribution in [1.82, 2.24) is 39.1 Å². The number of rotatable bonds is 9. The Kier molecular flexibility index (Phi) is 8.23. The first kappa shape index (κ1) is 29.0. The van der Waals surface area contributed by atoms with Crippen LogP contribution in [0, 0.1) is 0 Å². The van der Waals surface area contributed by atoms with Crippen molar-refractivity contribution >= 4 is 34.7 Å². The van der Waals surface area contributed by atoms with Crippen LogP contribution in [0.3, 0.4) is 0 Å². The highest BCUT2D eigenvalue weighted by Gasteiger charge is 2.35. The van der Waals surface area contributed by atoms with Gasteiger partial charge in [0.1, 0.15) is 23.0 Å². The molecule has 0 spiro atoms. The fourth-order valence-electron chi connectivity index (χ4n) is 5.43. The van der Waals surface area contributed by atoms with Crippen LogP contribution in [0.5, 0.6) is 5.75 Å². The maximum atomic E-state index is 13.5. The zero-order valence-electron chi connectivity index (χ0n) is 23.4. The third-order valence-electron chi connectivity index (χ3n) is 7.79. The summed E-state index contributed by atoms with van der Waals surface area (Å²) in [5, 5.41) is 11.8. The van der Waals surface area contributed by atoms with Gasteiger partial charge in [-0.1, -0.05) is 11.6 Å². The van der Waals surface area contributed by atoms with Crippen molar-refractivity contribution in [2.75, 3.05) is 58.2 Å². The van der Waals surface area contributed by atoms with Crippen molar-refractivity contribution in [3.05, 3.63) is 59.6 Å². The Bertz CT molecular complexity index is 1640. The molecule has 15 heteroatoms. The van der Waals surface area contributed by atoms with Crippen LogP contribution in [0.15, 0.2) is 49.1 Å². The number of nitrogens with zero attached hydrogens (tertiary/aromatic N) is 8. The Hall–Kier alpha value is -4.14. The largest absolute Gasteiger partial charge is 0.434 e. The highest BCUT2D eigenvalue weighted by molar-refractivity contribution is 6.31. The number of ether oxygens (including phenoxy) is 1. The van der Waals surface area contributed by atoms with Gasteiger partial charge in [-0.05, 0) is 37.7 Å². The number of halogens is 3. The number of alkyl halides is 2. The highest BCUT2D eigenvalue weighted by Crippen LogP contribution is 2.38. The molecular formula is C28H30ClF2N9O3. The second kappa shape index (κ2) is 12.2. The second-order valence-electron chi connectivity index (χ2n) is 10.6. The van der Waals surface area contributed by atoms with Crippen molar-refractivity contribution in [3.63, 3.8) is 0 Å². The third kappa shape index (κ3) is 6.17. The Morgan fingerprint density at radius 2 is 2.00 bits per heavy atom. The lowest BCUT2D eigenvalue weighted by Crippen LogP contribution is -2.47. The van der Waals surface area contributed by atoms with Gasteiger partial charge in [-0.2, -0.15) is 19.0 Å². The Morgan fingerprint density at radius 3 is 2.79 bits per heavy atom. The normalized spacial score (nSPS) is 18.2. The summed E-state index contributed by atoms with van der Waals surface area (Å²) < 4.78 is 34.3. The van der Waals surface area contributed by atoms with E-state index in [4.69, 9.17) is 16.3 Å². The summed E-state index contributed by atoms with van der Waals surface area (Å²) in [4.78, 5) is 37.6. The van der Waals surface area contributed by atoms with E-state index in [1.807, 2.05) is 4.90 Å². The molecule has 0 saturated carbocycles. The topological polar surface area (TPSA) is 113 Å². The van der Waals surface area contributed by atoms with Gasteiger partial charge in [0.25, 0.3) is 5.91 Å². The third-order valence-corrected chi connectivity index (χ3v) is 8.02. The maximum absolute atomic E-state index is 13.5. The van der Waals surface area contributed by atoms with E-state index in [1.165, 1.54) is 39.8 Å². The number of carbonyl (C=O) groups is 2. The molecule has 1 N–H and O–H groups in total. The molecule has 2 fully saturated rings. The zero-order valence-corrected chi connectivity index (χ0v) is 24.1. The molecule has 6 rings (SSSR count). The van der Waals surface area contributed by atoms with E-state index >= 15 is 0 Å².